The minimum Gasteiger partial charge on any atom is -0.481 e. The molecule has 0 amide bonds. The zero-order valence-electron chi connectivity index (χ0n) is 10.9. The second kappa shape index (κ2) is 7.51. The van der Waals surface area contributed by atoms with Crippen molar-refractivity contribution in [2.75, 3.05) is 6.61 Å². The number of carbonyl (C=O) groups excluding carboxylic acids is 1. The molecule has 0 heterocycles. The Balaban J connectivity index is 2.35. The van der Waals surface area contributed by atoms with E-state index in [1.165, 1.54) is 0 Å². The van der Waals surface area contributed by atoms with E-state index < -0.39 is 16.4 Å². The first-order chi connectivity index (χ1) is 9.29. The van der Waals surface area contributed by atoms with E-state index in [2.05, 4.69) is 4.18 Å². The monoisotopic (exact) mass is 306 g/mol. The SMILES string of the molecule is O=C(O)CC1CCC(=O)C1C/C=C\CCOS(=O)(=O)O. The molecule has 0 aliphatic heterocycles. The summed E-state index contributed by atoms with van der Waals surface area (Å²) in [4.78, 5) is 22.3. The highest BCUT2D eigenvalue weighted by molar-refractivity contribution is 7.80. The molecule has 2 atom stereocenters. The quantitative estimate of drug-likeness (QED) is 0.393. The fourth-order valence-electron chi connectivity index (χ4n) is 2.35. The third-order valence-electron chi connectivity index (χ3n) is 3.25. The number of Topliss-reactive ketones (excluding diaryl/α,β-unsaturated/α-hetero) is 1. The van der Waals surface area contributed by atoms with Crippen molar-refractivity contribution in [3.8, 4) is 0 Å². The molecule has 1 aliphatic rings. The summed E-state index contributed by atoms with van der Waals surface area (Å²) < 4.78 is 33.0. The Labute approximate surface area is 117 Å². The van der Waals surface area contributed by atoms with Gasteiger partial charge in [-0.05, 0) is 25.2 Å². The van der Waals surface area contributed by atoms with E-state index in [9.17, 15) is 18.0 Å². The molecule has 1 saturated carbocycles. The van der Waals surface area contributed by atoms with Gasteiger partial charge in [0.2, 0.25) is 0 Å². The lowest BCUT2D eigenvalue weighted by Gasteiger charge is -2.14. The number of hydrogen-bond acceptors (Lipinski definition) is 5. The van der Waals surface area contributed by atoms with Gasteiger partial charge in [-0.15, -0.1) is 0 Å². The minimum absolute atomic E-state index is 0.00386. The van der Waals surface area contributed by atoms with Crippen molar-refractivity contribution >= 4 is 22.2 Å². The van der Waals surface area contributed by atoms with E-state index in [1.807, 2.05) is 0 Å². The molecule has 20 heavy (non-hydrogen) atoms. The molecule has 0 spiro atoms. The van der Waals surface area contributed by atoms with Gasteiger partial charge < -0.3 is 5.11 Å². The van der Waals surface area contributed by atoms with Gasteiger partial charge in [-0.2, -0.15) is 8.42 Å². The summed E-state index contributed by atoms with van der Waals surface area (Å²) in [5.41, 5.74) is 0. The number of hydrogen-bond donors (Lipinski definition) is 2. The summed E-state index contributed by atoms with van der Waals surface area (Å²) in [6.45, 7) is -0.174. The van der Waals surface area contributed by atoms with Crippen LogP contribution in [0.5, 0.6) is 0 Å². The fourth-order valence-corrected chi connectivity index (χ4v) is 2.66. The van der Waals surface area contributed by atoms with Crippen LogP contribution < -0.4 is 0 Å². The van der Waals surface area contributed by atoms with Crippen molar-refractivity contribution in [3.05, 3.63) is 12.2 Å². The van der Waals surface area contributed by atoms with Gasteiger partial charge in [-0.25, -0.2) is 4.18 Å². The van der Waals surface area contributed by atoms with Crippen LogP contribution in [0.2, 0.25) is 0 Å². The first-order valence-corrected chi connectivity index (χ1v) is 7.67. The topological polar surface area (TPSA) is 118 Å². The summed E-state index contributed by atoms with van der Waals surface area (Å²) in [7, 11) is -4.41. The summed E-state index contributed by atoms with van der Waals surface area (Å²) in [6.07, 6.45) is 5.12. The summed E-state index contributed by atoms with van der Waals surface area (Å²) in [5.74, 6) is -1.22. The van der Waals surface area contributed by atoms with E-state index in [4.69, 9.17) is 9.66 Å². The van der Waals surface area contributed by atoms with Crippen molar-refractivity contribution in [1.82, 2.24) is 0 Å². The number of carboxylic acid groups (broad SMARTS) is 1. The van der Waals surface area contributed by atoms with Gasteiger partial charge in [0.15, 0.2) is 0 Å². The van der Waals surface area contributed by atoms with Gasteiger partial charge in [0.1, 0.15) is 5.78 Å². The lowest BCUT2D eigenvalue weighted by atomic mass is 9.89. The van der Waals surface area contributed by atoms with Gasteiger partial charge in [0.05, 0.1) is 6.61 Å². The number of carboxylic acids is 1. The number of ketones is 1. The minimum atomic E-state index is -4.41. The number of aliphatic carboxylic acids is 1. The molecule has 1 fully saturated rings. The second-order valence-corrected chi connectivity index (χ2v) is 5.81. The molecule has 0 aromatic rings. The van der Waals surface area contributed by atoms with Crippen LogP contribution in [0.1, 0.15) is 32.1 Å². The highest BCUT2D eigenvalue weighted by atomic mass is 32.3. The zero-order chi connectivity index (χ0) is 15.2. The van der Waals surface area contributed by atoms with E-state index in [0.717, 1.165) is 0 Å². The van der Waals surface area contributed by atoms with Crippen LogP contribution in [0.15, 0.2) is 12.2 Å². The molecule has 1 rings (SSSR count). The molecule has 114 valence electrons. The average Bonchev–Trinajstić information content (AvgIpc) is 2.63. The maximum absolute atomic E-state index is 11.7. The van der Waals surface area contributed by atoms with Gasteiger partial charge in [-0.3, -0.25) is 14.1 Å². The maximum atomic E-state index is 11.7. The van der Waals surface area contributed by atoms with Gasteiger partial charge in [0.25, 0.3) is 0 Å². The number of allylic oxidation sites excluding steroid dienone is 1. The van der Waals surface area contributed by atoms with Crippen molar-refractivity contribution in [2.45, 2.75) is 32.1 Å². The zero-order valence-corrected chi connectivity index (χ0v) is 11.7. The van der Waals surface area contributed by atoms with Crippen molar-refractivity contribution in [3.63, 3.8) is 0 Å². The largest absolute Gasteiger partial charge is 0.481 e. The van der Waals surface area contributed by atoms with Crippen LogP contribution in [-0.2, 0) is 24.2 Å². The molecular weight excluding hydrogens is 288 g/mol. The molecule has 8 heteroatoms. The summed E-state index contributed by atoms with van der Waals surface area (Å²) >= 11 is 0. The van der Waals surface area contributed by atoms with E-state index in [1.54, 1.807) is 12.2 Å². The van der Waals surface area contributed by atoms with Crippen LogP contribution >= 0.6 is 0 Å². The normalized spacial score (nSPS) is 23.6. The van der Waals surface area contributed by atoms with Crippen molar-refractivity contribution in [2.24, 2.45) is 11.8 Å². The molecule has 0 bridgehead atoms. The van der Waals surface area contributed by atoms with E-state index >= 15 is 0 Å². The van der Waals surface area contributed by atoms with Crippen LogP contribution in [0.25, 0.3) is 0 Å². The predicted octanol–water partition coefficient (Wildman–Crippen LogP) is 1.21. The predicted molar refractivity (Wildman–Crippen MR) is 69.3 cm³/mol. The lowest BCUT2D eigenvalue weighted by Crippen LogP contribution is -2.17. The molecule has 0 aromatic carbocycles. The van der Waals surface area contributed by atoms with Crippen LogP contribution in [0.4, 0.5) is 0 Å². The standard InChI is InChI=1S/C12H18O7S/c13-11-6-5-9(8-12(14)15)10(11)4-2-1-3-7-19-20(16,17)18/h1-2,9-10H,3-8H2,(H,14,15)(H,16,17,18)/b2-1-. The van der Waals surface area contributed by atoms with Gasteiger partial charge >= 0.3 is 16.4 Å². The molecule has 0 radical (unpaired) electrons. The number of rotatable bonds is 8. The molecule has 0 aromatic heterocycles. The molecule has 7 nitrogen and oxygen atoms in total. The Morgan fingerprint density at radius 2 is 2.10 bits per heavy atom. The summed E-state index contributed by atoms with van der Waals surface area (Å²) in [5, 5.41) is 8.77. The van der Waals surface area contributed by atoms with E-state index in [0.29, 0.717) is 19.3 Å². The second-order valence-electron chi connectivity index (χ2n) is 4.71. The van der Waals surface area contributed by atoms with Crippen LogP contribution in [0, 0.1) is 11.8 Å². The Morgan fingerprint density at radius 1 is 1.40 bits per heavy atom. The number of carbonyl (C=O) groups is 2. The molecular formula is C12H18O7S. The highest BCUT2D eigenvalue weighted by Gasteiger charge is 2.34. The van der Waals surface area contributed by atoms with Crippen LogP contribution in [-0.4, -0.2) is 36.4 Å². The molecule has 2 N–H and O–H groups in total. The third-order valence-corrected chi connectivity index (χ3v) is 3.72. The lowest BCUT2D eigenvalue weighted by molar-refractivity contribution is -0.138. The Hall–Kier alpha value is -1.25. The third kappa shape index (κ3) is 6.27. The maximum Gasteiger partial charge on any atom is 0.397 e. The fraction of sp³-hybridized carbons (Fsp3) is 0.667. The Bertz CT molecular complexity index is 480. The molecule has 2 unspecified atom stereocenters. The highest BCUT2D eigenvalue weighted by Crippen LogP contribution is 2.33. The molecule has 0 saturated heterocycles. The first-order valence-electron chi connectivity index (χ1n) is 6.31. The van der Waals surface area contributed by atoms with Crippen molar-refractivity contribution in [1.29, 1.82) is 0 Å². The van der Waals surface area contributed by atoms with Crippen LogP contribution in [0.3, 0.4) is 0 Å². The Kier molecular flexibility index (Phi) is 6.31. The van der Waals surface area contributed by atoms with Gasteiger partial charge in [0, 0.05) is 18.8 Å². The Morgan fingerprint density at radius 3 is 2.70 bits per heavy atom. The average molecular weight is 306 g/mol. The summed E-state index contributed by atoms with van der Waals surface area (Å²) in [6, 6.07) is 0. The van der Waals surface area contributed by atoms with Gasteiger partial charge in [-0.1, -0.05) is 12.2 Å². The smallest absolute Gasteiger partial charge is 0.397 e. The van der Waals surface area contributed by atoms with Crippen molar-refractivity contribution < 1.29 is 31.8 Å². The first kappa shape index (κ1) is 16.8. The molecule has 1 aliphatic carbocycles. The van der Waals surface area contributed by atoms with E-state index in [-0.39, 0.29) is 37.1 Å².